The van der Waals surface area contributed by atoms with Gasteiger partial charge in [0, 0.05) is 12.6 Å². The number of nitrogens with zero attached hydrogens (tertiary/aromatic N) is 1. The van der Waals surface area contributed by atoms with Crippen molar-refractivity contribution in [3.63, 3.8) is 0 Å². The molecule has 0 aliphatic carbocycles. The van der Waals surface area contributed by atoms with Gasteiger partial charge in [-0.25, -0.2) is 0 Å². The van der Waals surface area contributed by atoms with Gasteiger partial charge in [-0.3, -0.25) is 0 Å². The van der Waals surface area contributed by atoms with Crippen LogP contribution >= 0.6 is 0 Å². The molecule has 0 radical (unpaired) electrons. The molecule has 2 rings (SSSR count). The molecule has 0 bridgehead atoms. The van der Waals surface area contributed by atoms with Gasteiger partial charge in [0.25, 0.3) is 0 Å². The van der Waals surface area contributed by atoms with Gasteiger partial charge in [-0.05, 0) is 32.2 Å². The Morgan fingerprint density at radius 2 is 2.60 bits per heavy atom. The van der Waals surface area contributed by atoms with E-state index in [9.17, 15) is 0 Å². The summed E-state index contributed by atoms with van der Waals surface area (Å²) in [6.07, 6.45) is 2.53. The van der Waals surface area contributed by atoms with Crippen LogP contribution in [-0.4, -0.2) is 24.9 Å². The summed E-state index contributed by atoms with van der Waals surface area (Å²) in [5, 5.41) is 7.26. The van der Waals surface area contributed by atoms with Crippen molar-refractivity contribution in [1.29, 1.82) is 0 Å². The summed E-state index contributed by atoms with van der Waals surface area (Å²) in [5.41, 5.74) is 0.885. The van der Waals surface area contributed by atoms with Crippen LogP contribution in [0.4, 0.5) is 0 Å². The number of nitrogens with one attached hydrogen (secondary N) is 1. The van der Waals surface area contributed by atoms with Gasteiger partial charge in [-0.1, -0.05) is 5.16 Å². The van der Waals surface area contributed by atoms with Gasteiger partial charge in [0.1, 0.15) is 11.5 Å². The van der Waals surface area contributed by atoms with Crippen molar-refractivity contribution in [2.45, 2.75) is 26.4 Å². The van der Waals surface area contributed by atoms with Gasteiger partial charge in [0.05, 0.1) is 13.2 Å². The first kappa shape index (κ1) is 10.6. The molecule has 0 spiro atoms. The first-order chi connectivity index (χ1) is 7.34. The molecule has 1 unspecified atom stereocenters. The number of aryl methyl sites for hydroxylation is 1. The van der Waals surface area contributed by atoms with Crippen molar-refractivity contribution in [1.82, 2.24) is 10.5 Å². The highest BCUT2D eigenvalue weighted by Gasteiger charge is 2.13. The number of ether oxygens (including phenoxy) is 1. The molecule has 0 aromatic carbocycles. The molecule has 0 amide bonds. The summed E-state index contributed by atoms with van der Waals surface area (Å²) in [4.78, 5) is 0. The molecule has 1 aliphatic heterocycles. The maximum Gasteiger partial charge on any atom is 0.134 e. The van der Waals surface area contributed by atoms with Gasteiger partial charge >= 0.3 is 0 Å². The highest BCUT2D eigenvalue weighted by molar-refractivity contribution is 5.01. The molecular weight excluding hydrogens is 192 g/mol. The minimum absolute atomic E-state index is 0.563. The van der Waals surface area contributed by atoms with Gasteiger partial charge in [-0.15, -0.1) is 0 Å². The Bertz CT molecular complexity index is 293. The zero-order valence-corrected chi connectivity index (χ0v) is 9.16. The Hall–Kier alpha value is -0.870. The predicted octanol–water partition coefficient (Wildman–Crippen LogP) is 1.50. The Morgan fingerprint density at radius 3 is 3.27 bits per heavy atom. The first-order valence-electron chi connectivity index (χ1n) is 5.55. The molecule has 4 nitrogen and oxygen atoms in total. The van der Waals surface area contributed by atoms with E-state index < -0.39 is 0 Å². The summed E-state index contributed by atoms with van der Waals surface area (Å²) in [7, 11) is 0. The van der Waals surface area contributed by atoms with Crippen LogP contribution in [0, 0.1) is 12.8 Å². The van der Waals surface area contributed by atoms with Crippen LogP contribution in [0.1, 0.15) is 24.3 Å². The van der Waals surface area contributed by atoms with E-state index in [2.05, 4.69) is 10.5 Å². The molecule has 1 saturated heterocycles. The van der Waals surface area contributed by atoms with Crippen LogP contribution in [0.15, 0.2) is 10.6 Å². The van der Waals surface area contributed by atoms with Gasteiger partial charge in [0.15, 0.2) is 0 Å². The fourth-order valence-electron chi connectivity index (χ4n) is 1.88. The standard InChI is InChI=1S/C11H18N2O2/c1-9-5-11(13-15-9)8-14-7-10-3-2-4-12-6-10/h5,10,12H,2-4,6-8H2,1H3. The Labute approximate surface area is 90.0 Å². The molecule has 0 saturated carbocycles. The van der Waals surface area contributed by atoms with E-state index in [-0.39, 0.29) is 0 Å². The third-order valence-electron chi connectivity index (χ3n) is 2.68. The summed E-state index contributed by atoms with van der Waals surface area (Å²) in [5.74, 6) is 1.50. The predicted molar refractivity (Wildman–Crippen MR) is 56.5 cm³/mol. The summed E-state index contributed by atoms with van der Waals surface area (Å²) in [6.45, 7) is 5.51. The van der Waals surface area contributed by atoms with E-state index in [0.717, 1.165) is 31.2 Å². The van der Waals surface area contributed by atoms with Crippen molar-refractivity contribution in [3.05, 3.63) is 17.5 Å². The zero-order valence-electron chi connectivity index (χ0n) is 9.16. The van der Waals surface area contributed by atoms with Crippen molar-refractivity contribution >= 4 is 0 Å². The fourth-order valence-corrected chi connectivity index (χ4v) is 1.88. The quantitative estimate of drug-likeness (QED) is 0.818. The van der Waals surface area contributed by atoms with Crippen molar-refractivity contribution in [3.8, 4) is 0 Å². The van der Waals surface area contributed by atoms with Crippen molar-refractivity contribution in [2.75, 3.05) is 19.7 Å². The van der Waals surface area contributed by atoms with Crippen molar-refractivity contribution in [2.24, 2.45) is 5.92 Å². The minimum atomic E-state index is 0.563. The summed E-state index contributed by atoms with van der Waals surface area (Å²) in [6, 6.07) is 1.92. The molecule has 15 heavy (non-hydrogen) atoms. The second kappa shape index (κ2) is 5.28. The van der Waals surface area contributed by atoms with E-state index in [1.54, 1.807) is 0 Å². The maximum absolute atomic E-state index is 5.61. The smallest absolute Gasteiger partial charge is 0.134 e. The van der Waals surface area contributed by atoms with Gasteiger partial charge in [-0.2, -0.15) is 0 Å². The molecule has 2 heterocycles. The first-order valence-corrected chi connectivity index (χ1v) is 5.55. The number of aromatic nitrogens is 1. The SMILES string of the molecule is Cc1cc(COCC2CCCNC2)no1. The van der Waals surface area contributed by atoms with Crippen LogP contribution in [0.2, 0.25) is 0 Å². The molecule has 1 aliphatic rings. The molecule has 1 aromatic heterocycles. The van der Waals surface area contributed by atoms with E-state index in [1.807, 2.05) is 13.0 Å². The van der Waals surface area contributed by atoms with Crippen LogP contribution in [0.25, 0.3) is 0 Å². The van der Waals surface area contributed by atoms with Crippen LogP contribution in [0.5, 0.6) is 0 Å². The molecule has 1 N–H and O–H groups in total. The zero-order chi connectivity index (χ0) is 10.5. The lowest BCUT2D eigenvalue weighted by molar-refractivity contribution is 0.0747. The van der Waals surface area contributed by atoms with Crippen LogP contribution in [-0.2, 0) is 11.3 Å². The third-order valence-corrected chi connectivity index (χ3v) is 2.68. The molecule has 84 valence electrons. The highest BCUT2D eigenvalue weighted by Crippen LogP contribution is 2.11. The lowest BCUT2D eigenvalue weighted by atomic mass is 10.0. The second-order valence-corrected chi connectivity index (χ2v) is 4.16. The Kier molecular flexibility index (Phi) is 3.75. The molecule has 1 atom stereocenters. The minimum Gasteiger partial charge on any atom is -0.375 e. The Morgan fingerprint density at radius 1 is 1.67 bits per heavy atom. The monoisotopic (exact) mass is 210 g/mol. The highest BCUT2D eigenvalue weighted by atomic mass is 16.5. The average Bonchev–Trinajstić information content (AvgIpc) is 2.66. The molecule has 4 heteroatoms. The molecule has 1 aromatic rings. The normalized spacial score (nSPS) is 21.8. The van der Waals surface area contributed by atoms with E-state index in [4.69, 9.17) is 9.26 Å². The van der Waals surface area contributed by atoms with E-state index in [1.165, 1.54) is 12.8 Å². The number of rotatable bonds is 4. The van der Waals surface area contributed by atoms with Crippen LogP contribution < -0.4 is 5.32 Å². The summed E-state index contributed by atoms with van der Waals surface area (Å²) < 4.78 is 10.6. The van der Waals surface area contributed by atoms with E-state index in [0.29, 0.717) is 12.5 Å². The Balaban J connectivity index is 1.65. The fraction of sp³-hybridized carbons (Fsp3) is 0.727. The summed E-state index contributed by atoms with van der Waals surface area (Å²) >= 11 is 0. The second-order valence-electron chi connectivity index (χ2n) is 4.16. The lowest BCUT2D eigenvalue weighted by Crippen LogP contribution is -2.32. The number of hydrogen-bond acceptors (Lipinski definition) is 4. The van der Waals surface area contributed by atoms with Crippen LogP contribution in [0.3, 0.4) is 0 Å². The molecular formula is C11H18N2O2. The average molecular weight is 210 g/mol. The van der Waals surface area contributed by atoms with Gasteiger partial charge in [0.2, 0.25) is 0 Å². The largest absolute Gasteiger partial charge is 0.375 e. The lowest BCUT2D eigenvalue weighted by Gasteiger charge is -2.22. The molecule has 1 fully saturated rings. The third kappa shape index (κ3) is 3.32. The number of piperidine rings is 1. The maximum atomic E-state index is 5.61. The van der Waals surface area contributed by atoms with Crippen molar-refractivity contribution < 1.29 is 9.26 Å². The van der Waals surface area contributed by atoms with E-state index >= 15 is 0 Å². The number of hydrogen-bond donors (Lipinski definition) is 1. The topological polar surface area (TPSA) is 47.3 Å². The van der Waals surface area contributed by atoms with Gasteiger partial charge < -0.3 is 14.6 Å².